The van der Waals surface area contributed by atoms with Crippen LogP contribution in [0.3, 0.4) is 0 Å². The number of benzene rings is 2. The minimum Gasteiger partial charge on any atom is -0.496 e. The average molecular weight is 382 g/mol. The molecular formula is C19H18N4O3S. The maximum absolute atomic E-state index is 12.1. The van der Waals surface area contributed by atoms with Gasteiger partial charge in [-0.1, -0.05) is 42.1 Å². The summed E-state index contributed by atoms with van der Waals surface area (Å²) in [7, 11) is 3.41. The minimum atomic E-state index is -0.422. The third-order valence-electron chi connectivity index (χ3n) is 3.80. The Kier molecular flexibility index (Phi) is 5.87. The van der Waals surface area contributed by atoms with Crippen molar-refractivity contribution in [1.82, 2.24) is 20.1 Å². The fourth-order valence-corrected chi connectivity index (χ4v) is 3.17. The summed E-state index contributed by atoms with van der Waals surface area (Å²) in [4.78, 5) is 24.1. The van der Waals surface area contributed by atoms with E-state index in [0.717, 1.165) is 5.56 Å². The first-order chi connectivity index (χ1) is 13.1. The summed E-state index contributed by atoms with van der Waals surface area (Å²) in [5.74, 6) is 0.562. The standard InChI is InChI=1S/C19H18N4O3S/c1-23-17(14-10-6-7-11-15(14)26-2)21-22-19(23)27-12-16(24)20-18(25)13-8-4-3-5-9-13/h3-11H,12H2,1-2H3,(H,20,24,25). The Morgan fingerprint density at radius 1 is 1.07 bits per heavy atom. The van der Waals surface area contributed by atoms with Gasteiger partial charge in [0.05, 0.1) is 18.4 Å². The van der Waals surface area contributed by atoms with Gasteiger partial charge in [-0.15, -0.1) is 10.2 Å². The molecule has 0 aliphatic heterocycles. The second kappa shape index (κ2) is 8.50. The van der Waals surface area contributed by atoms with E-state index < -0.39 is 11.8 Å². The molecule has 2 aromatic carbocycles. The van der Waals surface area contributed by atoms with Crippen LogP contribution in [0.2, 0.25) is 0 Å². The first-order valence-corrected chi connectivity index (χ1v) is 9.13. The van der Waals surface area contributed by atoms with Gasteiger partial charge >= 0.3 is 0 Å². The summed E-state index contributed by atoms with van der Waals surface area (Å²) in [5, 5.41) is 11.3. The largest absolute Gasteiger partial charge is 0.496 e. The number of rotatable bonds is 6. The molecule has 8 heteroatoms. The van der Waals surface area contributed by atoms with Crippen molar-refractivity contribution in [2.45, 2.75) is 5.16 Å². The molecule has 7 nitrogen and oxygen atoms in total. The van der Waals surface area contributed by atoms with E-state index in [9.17, 15) is 9.59 Å². The van der Waals surface area contributed by atoms with Crippen molar-refractivity contribution in [1.29, 1.82) is 0 Å². The van der Waals surface area contributed by atoms with Gasteiger partial charge in [-0.05, 0) is 24.3 Å². The van der Waals surface area contributed by atoms with Crippen LogP contribution in [-0.2, 0) is 11.8 Å². The first kappa shape index (κ1) is 18.7. The molecule has 27 heavy (non-hydrogen) atoms. The Hall–Kier alpha value is -3.13. The van der Waals surface area contributed by atoms with Gasteiger partial charge in [0, 0.05) is 12.6 Å². The Morgan fingerprint density at radius 2 is 1.78 bits per heavy atom. The lowest BCUT2D eigenvalue weighted by atomic mass is 10.2. The number of hydrogen-bond acceptors (Lipinski definition) is 6. The van der Waals surface area contributed by atoms with Gasteiger partial charge in [0.25, 0.3) is 5.91 Å². The highest BCUT2D eigenvalue weighted by molar-refractivity contribution is 7.99. The maximum Gasteiger partial charge on any atom is 0.257 e. The number of nitrogens with one attached hydrogen (secondary N) is 1. The number of ether oxygens (including phenoxy) is 1. The summed E-state index contributed by atoms with van der Waals surface area (Å²) in [6.07, 6.45) is 0. The van der Waals surface area contributed by atoms with Crippen LogP contribution in [0.15, 0.2) is 59.8 Å². The van der Waals surface area contributed by atoms with E-state index >= 15 is 0 Å². The van der Waals surface area contributed by atoms with Crippen molar-refractivity contribution in [2.75, 3.05) is 12.9 Å². The third kappa shape index (κ3) is 4.35. The highest BCUT2D eigenvalue weighted by atomic mass is 32.2. The van der Waals surface area contributed by atoms with Crippen molar-refractivity contribution in [2.24, 2.45) is 7.05 Å². The summed E-state index contributed by atoms with van der Waals surface area (Å²) >= 11 is 1.21. The molecule has 0 saturated heterocycles. The lowest BCUT2D eigenvalue weighted by molar-refractivity contribution is -0.117. The molecule has 0 saturated carbocycles. The van der Waals surface area contributed by atoms with Crippen molar-refractivity contribution < 1.29 is 14.3 Å². The van der Waals surface area contributed by atoms with Crippen molar-refractivity contribution in [3.8, 4) is 17.1 Å². The Bertz CT molecular complexity index is 957. The molecule has 0 spiro atoms. The molecule has 0 bridgehead atoms. The van der Waals surface area contributed by atoms with Crippen LogP contribution in [0.5, 0.6) is 5.75 Å². The van der Waals surface area contributed by atoms with Crippen LogP contribution < -0.4 is 10.1 Å². The molecule has 0 unspecified atom stereocenters. The second-order valence-electron chi connectivity index (χ2n) is 5.60. The molecule has 0 radical (unpaired) electrons. The Labute approximate surface area is 160 Å². The monoisotopic (exact) mass is 382 g/mol. The highest BCUT2D eigenvalue weighted by Gasteiger charge is 2.16. The topological polar surface area (TPSA) is 86.1 Å². The van der Waals surface area contributed by atoms with Gasteiger partial charge in [0.15, 0.2) is 11.0 Å². The number of amides is 2. The Balaban J connectivity index is 1.64. The minimum absolute atomic E-state index is 0.0521. The number of methoxy groups -OCH3 is 1. The zero-order valence-electron chi connectivity index (χ0n) is 14.9. The average Bonchev–Trinajstić information content (AvgIpc) is 3.07. The molecule has 2 amide bonds. The fourth-order valence-electron chi connectivity index (χ4n) is 2.46. The van der Waals surface area contributed by atoms with E-state index in [-0.39, 0.29) is 5.75 Å². The molecule has 1 aromatic heterocycles. The van der Waals surface area contributed by atoms with Crippen LogP contribution in [0.1, 0.15) is 10.4 Å². The molecule has 3 rings (SSSR count). The van der Waals surface area contributed by atoms with Gasteiger partial charge in [-0.25, -0.2) is 0 Å². The number of para-hydroxylation sites is 1. The third-order valence-corrected chi connectivity index (χ3v) is 4.82. The molecule has 1 heterocycles. The van der Waals surface area contributed by atoms with Crippen molar-refractivity contribution in [3.05, 3.63) is 60.2 Å². The van der Waals surface area contributed by atoms with Crippen molar-refractivity contribution in [3.63, 3.8) is 0 Å². The van der Waals surface area contributed by atoms with Gasteiger partial charge < -0.3 is 9.30 Å². The highest BCUT2D eigenvalue weighted by Crippen LogP contribution is 2.29. The van der Waals surface area contributed by atoms with E-state index in [1.165, 1.54) is 11.8 Å². The number of carbonyl (C=O) groups excluding carboxylic acids is 2. The second-order valence-corrected chi connectivity index (χ2v) is 6.54. The van der Waals surface area contributed by atoms with Gasteiger partial charge in [0.1, 0.15) is 5.75 Å². The van der Waals surface area contributed by atoms with E-state index in [4.69, 9.17) is 4.74 Å². The number of carbonyl (C=O) groups is 2. The summed E-state index contributed by atoms with van der Waals surface area (Å²) in [5.41, 5.74) is 1.25. The van der Waals surface area contributed by atoms with E-state index in [1.54, 1.807) is 35.9 Å². The SMILES string of the molecule is COc1ccccc1-c1nnc(SCC(=O)NC(=O)c2ccccc2)n1C. The lowest BCUT2D eigenvalue weighted by Gasteiger charge is -2.08. The summed E-state index contributed by atoms with van der Waals surface area (Å²) < 4.78 is 7.14. The smallest absolute Gasteiger partial charge is 0.257 e. The van der Waals surface area contributed by atoms with Crippen LogP contribution >= 0.6 is 11.8 Å². The maximum atomic E-state index is 12.1. The Morgan fingerprint density at radius 3 is 2.52 bits per heavy atom. The van der Waals surface area contributed by atoms with Crippen LogP contribution in [0, 0.1) is 0 Å². The molecule has 0 fully saturated rings. The molecule has 3 aromatic rings. The van der Waals surface area contributed by atoms with Crippen LogP contribution in [0.25, 0.3) is 11.4 Å². The normalized spacial score (nSPS) is 10.4. The number of thioether (sulfide) groups is 1. The fraction of sp³-hybridized carbons (Fsp3) is 0.158. The molecule has 0 atom stereocenters. The summed E-state index contributed by atoms with van der Waals surface area (Å²) in [6.45, 7) is 0. The van der Waals surface area contributed by atoms with Gasteiger partial charge in [0.2, 0.25) is 5.91 Å². The number of aromatic nitrogens is 3. The van der Waals surface area contributed by atoms with Crippen molar-refractivity contribution >= 4 is 23.6 Å². The number of hydrogen-bond donors (Lipinski definition) is 1. The van der Waals surface area contributed by atoms with Gasteiger partial charge in [-0.2, -0.15) is 0 Å². The molecule has 0 aliphatic carbocycles. The van der Waals surface area contributed by atoms with E-state index in [2.05, 4.69) is 15.5 Å². The number of imide groups is 1. The zero-order valence-corrected chi connectivity index (χ0v) is 15.7. The zero-order chi connectivity index (χ0) is 19.2. The van der Waals surface area contributed by atoms with Gasteiger partial charge in [-0.3, -0.25) is 14.9 Å². The summed E-state index contributed by atoms with van der Waals surface area (Å²) in [6, 6.07) is 16.1. The first-order valence-electron chi connectivity index (χ1n) is 8.15. The lowest BCUT2D eigenvalue weighted by Crippen LogP contribution is -2.31. The molecule has 1 N–H and O–H groups in total. The van der Waals surface area contributed by atoms with E-state index in [0.29, 0.717) is 22.3 Å². The predicted octanol–water partition coefficient (Wildman–Crippen LogP) is 2.54. The molecular weight excluding hydrogens is 364 g/mol. The van der Waals surface area contributed by atoms with Crippen LogP contribution in [-0.4, -0.2) is 39.4 Å². The van der Waals surface area contributed by atoms with Crippen LogP contribution in [0.4, 0.5) is 0 Å². The predicted molar refractivity (Wildman–Crippen MR) is 103 cm³/mol. The quantitative estimate of drug-likeness (QED) is 0.660. The molecule has 138 valence electrons. The molecule has 0 aliphatic rings. The van der Waals surface area contributed by atoms with E-state index in [1.807, 2.05) is 37.4 Å². The number of nitrogens with zero attached hydrogens (tertiary/aromatic N) is 3.